The minimum Gasteiger partial charge on any atom is -0.369 e. The van der Waals surface area contributed by atoms with E-state index in [2.05, 4.69) is 0 Å². The summed E-state index contributed by atoms with van der Waals surface area (Å²) in [4.78, 5) is 12.0. The van der Waals surface area contributed by atoms with Crippen molar-refractivity contribution in [2.75, 3.05) is 13.2 Å². The number of carbonyl (C=O) groups excluding carboxylic acids is 1. The molecule has 106 valence electrons. The molecule has 4 nitrogen and oxygen atoms in total. The number of carbonyl (C=O) groups is 1. The first-order valence-electron chi connectivity index (χ1n) is 6.96. The highest BCUT2D eigenvalue weighted by Gasteiger charge is 2.32. The lowest BCUT2D eigenvalue weighted by molar-refractivity contribution is -0.160. The fraction of sp³-hybridized carbons (Fsp3) is 0.438. The van der Waals surface area contributed by atoms with Crippen LogP contribution in [-0.2, 0) is 25.6 Å². The van der Waals surface area contributed by atoms with E-state index in [1.54, 1.807) is 0 Å². The van der Waals surface area contributed by atoms with Crippen LogP contribution in [0, 0.1) is 0 Å². The maximum absolute atomic E-state index is 12.0. The average Bonchev–Trinajstić information content (AvgIpc) is 2.88. The van der Waals surface area contributed by atoms with Crippen molar-refractivity contribution in [1.29, 1.82) is 0 Å². The summed E-state index contributed by atoms with van der Waals surface area (Å²) in [6.45, 7) is 1.80. The largest absolute Gasteiger partial charge is 0.369 e. The molecule has 1 heterocycles. The smallest absolute Gasteiger partial charge is 0.187 e. The van der Waals surface area contributed by atoms with Crippen molar-refractivity contribution in [2.45, 2.75) is 31.8 Å². The molecule has 0 radical (unpaired) electrons. The van der Waals surface area contributed by atoms with E-state index in [0.29, 0.717) is 31.8 Å². The van der Waals surface area contributed by atoms with Crippen LogP contribution in [0.2, 0.25) is 0 Å². The number of hydrogen-bond acceptors (Lipinski definition) is 4. The molecular formula is C16H18O4. The molecule has 1 aliphatic heterocycles. The summed E-state index contributed by atoms with van der Waals surface area (Å²) < 4.78 is 16.7. The summed E-state index contributed by atoms with van der Waals surface area (Å²) in [6.07, 6.45) is 2.44. The molecule has 1 atom stereocenters. The first kappa shape index (κ1) is 13.5. The maximum Gasteiger partial charge on any atom is 0.187 e. The summed E-state index contributed by atoms with van der Waals surface area (Å²) in [5, 5.41) is 0. The molecule has 1 unspecified atom stereocenters. The lowest BCUT2D eigenvalue weighted by Crippen LogP contribution is -2.28. The predicted octanol–water partition coefficient (Wildman–Crippen LogP) is 2.23. The highest BCUT2D eigenvalue weighted by Crippen LogP contribution is 2.25. The van der Waals surface area contributed by atoms with Crippen LogP contribution in [0.1, 0.15) is 18.4 Å². The van der Waals surface area contributed by atoms with Crippen LogP contribution in [0.5, 0.6) is 0 Å². The van der Waals surface area contributed by atoms with Gasteiger partial charge in [0, 0.05) is 12.0 Å². The Balaban J connectivity index is 1.58. The molecule has 2 aliphatic rings. The van der Waals surface area contributed by atoms with Gasteiger partial charge in [0.25, 0.3) is 0 Å². The number of rotatable bonds is 4. The SMILES string of the molecule is O=C1CC(OCc2ccccc2)C=C1C1OCCCO1. The van der Waals surface area contributed by atoms with Gasteiger partial charge in [-0.1, -0.05) is 30.3 Å². The number of benzene rings is 1. The molecule has 3 rings (SSSR count). The van der Waals surface area contributed by atoms with Crippen LogP contribution < -0.4 is 0 Å². The lowest BCUT2D eigenvalue weighted by Gasteiger charge is -2.23. The molecule has 1 saturated heterocycles. The maximum atomic E-state index is 12.0. The third-order valence-corrected chi connectivity index (χ3v) is 3.46. The summed E-state index contributed by atoms with van der Waals surface area (Å²) in [5.74, 6) is 0.0648. The zero-order chi connectivity index (χ0) is 13.8. The van der Waals surface area contributed by atoms with Crippen molar-refractivity contribution in [1.82, 2.24) is 0 Å². The molecule has 1 aliphatic carbocycles. The highest BCUT2D eigenvalue weighted by molar-refractivity contribution is 5.99. The van der Waals surface area contributed by atoms with E-state index < -0.39 is 6.29 Å². The molecule has 4 heteroatoms. The molecule has 0 bridgehead atoms. The van der Waals surface area contributed by atoms with Gasteiger partial charge in [0.1, 0.15) is 0 Å². The summed E-state index contributed by atoms with van der Waals surface area (Å²) in [5.41, 5.74) is 1.72. The minimum atomic E-state index is -0.499. The van der Waals surface area contributed by atoms with Gasteiger partial charge in [-0.3, -0.25) is 4.79 Å². The van der Waals surface area contributed by atoms with Gasteiger partial charge in [-0.05, 0) is 18.1 Å². The molecule has 1 fully saturated rings. The molecule has 1 aromatic rings. The summed E-state index contributed by atoms with van der Waals surface area (Å²) >= 11 is 0. The highest BCUT2D eigenvalue weighted by atomic mass is 16.7. The Labute approximate surface area is 118 Å². The molecular weight excluding hydrogens is 256 g/mol. The Kier molecular flexibility index (Phi) is 4.25. The minimum absolute atomic E-state index is 0.0648. The number of ether oxygens (including phenoxy) is 3. The van der Waals surface area contributed by atoms with Gasteiger partial charge in [0.2, 0.25) is 0 Å². The van der Waals surface area contributed by atoms with E-state index >= 15 is 0 Å². The van der Waals surface area contributed by atoms with Gasteiger partial charge in [-0.25, -0.2) is 0 Å². The zero-order valence-electron chi connectivity index (χ0n) is 11.3. The van der Waals surface area contributed by atoms with Gasteiger partial charge in [-0.15, -0.1) is 0 Å². The Morgan fingerprint density at radius 3 is 2.65 bits per heavy atom. The topological polar surface area (TPSA) is 44.8 Å². The molecule has 1 aromatic carbocycles. The van der Waals surface area contributed by atoms with Gasteiger partial charge in [0.15, 0.2) is 12.1 Å². The molecule has 0 aromatic heterocycles. The van der Waals surface area contributed by atoms with E-state index in [9.17, 15) is 4.79 Å². The van der Waals surface area contributed by atoms with E-state index in [-0.39, 0.29) is 11.9 Å². The van der Waals surface area contributed by atoms with E-state index in [4.69, 9.17) is 14.2 Å². The van der Waals surface area contributed by atoms with Crippen LogP contribution in [0.15, 0.2) is 42.0 Å². The standard InChI is InChI=1S/C16H18O4/c17-15-10-13(20-11-12-5-2-1-3-6-12)9-14(15)16-18-7-4-8-19-16/h1-3,5-6,9,13,16H,4,7-8,10-11H2. The third kappa shape index (κ3) is 3.15. The van der Waals surface area contributed by atoms with Crippen LogP contribution in [0.25, 0.3) is 0 Å². The predicted molar refractivity (Wildman–Crippen MR) is 73.0 cm³/mol. The van der Waals surface area contributed by atoms with E-state index in [1.165, 1.54) is 0 Å². The lowest BCUT2D eigenvalue weighted by atomic mass is 10.2. The van der Waals surface area contributed by atoms with Crippen LogP contribution >= 0.6 is 0 Å². The Hall–Kier alpha value is -1.49. The molecule has 20 heavy (non-hydrogen) atoms. The van der Waals surface area contributed by atoms with Gasteiger partial charge in [-0.2, -0.15) is 0 Å². The molecule has 0 saturated carbocycles. The summed E-state index contributed by atoms with van der Waals surface area (Å²) in [6, 6.07) is 9.94. The quantitative estimate of drug-likeness (QED) is 0.844. The normalized spacial score (nSPS) is 23.9. The van der Waals surface area contributed by atoms with E-state index in [1.807, 2.05) is 36.4 Å². The number of hydrogen-bond donors (Lipinski definition) is 0. The second-order valence-electron chi connectivity index (χ2n) is 5.01. The number of ketones is 1. The first-order valence-corrected chi connectivity index (χ1v) is 6.96. The van der Waals surface area contributed by atoms with Crippen molar-refractivity contribution in [3.8, 4) is 0 Å². The van der Waals surface area contributed by atoms with Crippen molar-refractivity contribution in [3.05, 3.63) is 47.5 Å². The van der Waals surface area contributed by atoms with Crippen LogP contribution in [0.4, 0.5) is 0 Å². The van der Waals surface area contributed by atoms with Crippen LogP contribution in [-0.4, -0.2) is 31.4 Å². The van der Waals surface area contributed by atoms with Crippen molar-refractivity contribution >= 4 is 5.78 Å². The monoisotopic (exact) mass is 274 g/mol. The average molecular weight is 274 g/mol. The molecule has 0 amide bonds. The van der Waals surface area contributed by atoms with E-state index in [0.717, 1.165) is 12.0 Å². The summed E-state index contributed by atoms with van der Waals surface area (Å²) in [7, 11) is 0. The van der Waals surface area contributed by atoms with Crippen molar-refractivity contribution in [3.63, 3.8) is 0 Å². The van der Waals surface area contributed by atoms with Crippen molar-refractivity contribution in [2.24, 2.45) is 0 Å². The zero-order valence-corrected chi connectivity index (χ0v) is 11.3. The molecule has 0 spiro atoms. The fourth-order valence-electron chi connectivity index (χ4n) is 2.41. The van der Waals surface area contributed by atoms with Crippen LogP contribution in [0.3, 0.4) is 0 Å². The fourth-order valence-corrected chi connectivity index (χ4v) is 2.41. The second kappa shape index (κ2) is 6.31. The third-order valence-electron chi connectivity index (χ3n) is 3.46. The number of Topliss-reactive ketones (excluding diaryl/α,β-unsaturated/α-hetero) is 1. The second-order valence-corrected chi connectivity index (χ2v) is 5.01. The Morgan fingerprint density at radius 2 is 1.90 bits per heavy atom. The van der Waals surface area contributed by atoms with Gasteiger partial charge >= 0.3 is 0 Å². The first-order chi connectivity index (χ1) is 9.83. The Morgan fingerprint density at radius 1 is 1.15 bits per heavy atom. The molecule has 0 N–H and O–H groups in total. The van der Waals surface area contributed by atoms with Gasteiger partial charge < -0.3 is 14.2 Å². The Bertz CT molecular complexity index is 488. The van der Waals surface area contributed by atoms with Crippen molar-refractivity contribution < 1.29 is 19.0 Å². The van der Waals surface area contributed by atoms with Gasteiger partial charge in [0.05, 0.1) is 25.9 Å².